The van der Waals surface area contributed by atoms with Crippen molar-refractivity contribution in [1.29, 1.82) is 0 Å². The first-order chi connectivity index (χ1) is 6.02. The Morgan fingerprint density at radius 2 is 1.85 bits per heavy atom. The molecule has 1 N–H and O–H groups in total. The van der Waals surface area contributed by atoms with Gasteiger partial charge in [-0.1, -0.05) is 0 Å². The smallest absolute Gasteiger partial charge is 0.134 e. The average Bonchev–Trinajstić information content (AvgIpc) is 2.01. The fourth-order valence-corrected chi connectivity index (χ4v) is 0.924. The van der Waals surface area contributed by atoms with Crippen LogP contribution in [0.4, 0.5) is 0 Å². The van der Waals surface area contributed by atoms with E-state index in [1.165, 1.54) is 0 Å². The van der Waals surface area contributed by atoms with Crippen LogP contribution in [0.2, 0.25) is 0 Å². The van der Waals surface area contributed by atoms with Gasteiger partial charge in [-0.15, -0.1) is 0 Å². The second-order valence-electron chi connectivity index (χ2n) is 3.84. The van der Waals surface area contributed by atoms with E-state index in [1.54, 1.807) is 0 Å². The molecule has 0 fully saturated rings. The third-order valence-electron chi connectivity index (χ3n) is 1.77. The lowest BCUT2D eigenvalue weighted by Crippen LogP contribution is -2.47. The third-order valence-corrected chi connectivity index (χ3v) is 1.77. The van der Waals surface area contributed by atoms with Crippen molar-refractivity contribution in [2.45, 2.75) is 26.3 Å². The van der Waals surface area contributed by atoms with E-state index in [-0.39, 0.29) is 5.54 Å². The van der Waals surface area contributed by atoms with Gasteiger partial charge in [0.1, 0.15) is 12.6 Å². The van der Waals surface area contributed by atoms with Gasteiger partial charge in [0.25, 0.3) is 0 Å². The lowest BCUT2D eigenvalue weighted by Gasteiger charge is -2.33. The minimum Gasteiger partial charge on any atom is -0.302 e. The molecular formula is C9H18N2O2. The van der Waals surface area contributed by atoms with Crippen molar-refractivity contribution in [3.63, 3.8) is 0 Å². The highest BCUT2D eigenvalue weighted by Crippen LogP contribution is 2.10. The van der Waals surface area contributed by atoms with Crippen LogP contribution >= 0.6 is 0 Å². The molecule has 0 radical (unpaired) electrons. The van der Waals surface area contributed by atoms with Gasteiger partial charge in [0.15, 0.2) is 0 Å². The zero-order valence-corrected chi connectivity index (χ0v) is 8.54. The SMILES string of the molecule is CC(C)(C)N(CC=O)CNCC=O. The number of aldehydes is 2. The van der Waals surface area contributed by atoms with Crippen molar-refractivity contribution < 1.29 is 9.59 Å². The number of hydrogen-bond acceptors (Lipinski definition) is 4. The molecule has 0 amide bonds. The maximum atomic E-state index is 10.4. The van der Waals surface area contributed by atoms with Crippen molar-refractivity contribution in [3.8, 4) is 0 Å². The Hall–Kier alpha value is -0.740. The van der Waals surface area contributed by atoms with Gasteiger partial charge in [0, 0.05) is 12.2 Å². The molecule has 0 heterocycles. The summed E-state index contributed by atoms with van der Waals surface area (Å²) in [5.41, 5.74) is -0.0587. The Labute approximate surface area is 79.3 Å². The maximum absolute atomic E-state index is 10.4. The van der Waals surface area contributed by atoms with Gasteiger partial charge < -0.3 is 9.59 Å². The molecule has 0 aliphatic carbocycles. The number of carbonyl (C=O) groups is 2. The fourth-order valence-electron chi connectivity index (χ4n) is 0.924. The molecular weight excluding hydrogens is 168 g/mol. The van der Waals surface area contributed by atoms with Crippen LogP contribution < -0.4 is 5.32 Å². The van der Waals surface area contributed by atoms with Gasteiger partial charge in [-0.3, -0.25) is 10.2 Å². The van der Waals surface area contributed by atoms with Crippen LogP contribution in [-0.4, -0.2) is 42.8 Å². The largest absolute Gasteiger partial charge is 0.302 e. The summed E-state index contributed by atoms with van der Waals surface area (Å²) in [6.45, 7) is 7.35. The molecule has 0 aromatic rings. The van der Waals surface area contributed by atoms with E-state index in [2.05, 4.69) is 5.32 Å². The highest BCUT2D eigenvalue weighted by atomic mass is 16.1. The molecule has 0 aliphatic heterocycles. The van der Waals surface area contributed by atoms with E-state index < -0.39 is 0 Å². The molecule has 0 rings (SSSR count). The summed E-state index contributed by atoms with van der Waals surface area (Å²) in [4.78, 5) is 22.4. The van der Waals surface area contributed by atoms with E-state index in [9.17, 15) is 9.59 Å². The quantitative estimate of drug-likeness (QED) is 0.361. The third kappa shape index (κ3) is 5.49. The van der Waals surface area contributed by atoms with Crippen molar-refractivity contribution in [2.24, 2.45) is 0 Å². The summed E-state index contributed by atoms with van der Waals surface area (Å²) < 4.78 is 0. The van der Waals surface area contributed by atoms with E-state index in [0.717, 1.165) is 12.6 Å². The van der Waals surface area contributed by atoms with Crippen LogP contribution in [0.3, 0.4) is 0 Å². The number of hydrogen-bond donors (Lipinski definition) is 1. The Morgan fingerprint density at radius 3 is 2.23 bits per heavy atom. The Bertz CT molecular complexity index is 163. The van der Waals surface area contributed by atoms with Crippen LogP contribution in [0.25, 0.3) is 0 Å². The molecule has 4 heteroatoms. The Kier molecular flexibility index (Phi) is 5.50. The molecule has 0 unspecified atom stereocenters. The number of nitrogens with one attached hydrogen (secondary N) is 1. The number of carbonyl (C=O) groups excluding carboxylic acids is 2. The number of rotatable bonds is 6. The molecule has 13 heavy (non-hydrogen) atoms. The van der Waals surface area contributed by atoms with Gasteiger partial charge >= 0.3 is 0 Å². The molecule has 0 bridgehead atoms. The molecule has 0 aromatic heterocycles. The topological polar surface area (TPSA) is 49.4 Å². The second kappa shape index (κ2) is 5.83. The molecule has 0 spiro atoms. The zero-order valence-electron chi connectivity index (χ0n) is 8.54. The summed E-state index contributed by atoms with van der Waals surface area (Å²) in [5.74, 6) is 0. The summed E-state index contributed by atoms with van der Waals surface area (Å²) in [5, 5.41) is 2.93. The fraction of sp³-hybridized carbons (Fsp3) is 0.778. The van der Waals surface area contributed by atoms with E-state index >= 15 is 0 Å². The summed E-state index contributed by atoms with van der Waals surface area (Å²) >= 11 is 0. The average molecular weight is 186 g/mol. The van der Waals surface area contributed by atoms with Crippen molar-refractivity contribution in [3.05, 3.63) is 0 Å². The Balaban J connectivity index is 3.94. The predicted octanol–water partition coefficient (Wildman–Crippen LogP) is 0.0318. The van der Waals surface area contributed by atoms with Crippen LogP contribution in [0.15, 0.2) is 0 Å². The summed E-state index contributed by atoms with van der Waals surface area (Å²) in [7, 11) is 0. The monoisotopic (exact) mass is 186 g/mol. The molecule has 0 aliphatic rings. The van der Waals surface area contributed by atoms with Gasteiger partial charge in [-0.05, 0) is 20.8 Å². The van der Waals surface area contributed by atoms with E-state index in [0.29, 0.717) is 19.8 Å². The lowest BCUT2D eigenvalue weighted by molar-refractivity contribution is -0.110. The van der Waals surface area contributed by atoms with Gasteiger partial charge in [-0.2, -0.15) is 0 Å². The highest BCUT2D eigenvalue weighted by molar-refractivity contribution is 5.52. The van der Waals surface area contributed by atoms with Crippen LogP contribution in [-0.2, 0) is 9.59 Å². The van der Waals surface area contributed by atoms with Crippen LogP contribution in [0.5, 0.6) is 0 Å². The first kappa shape index (κ1) is 12.3. The standard InChI is InChI=1S/C9H18N2O2/c1-9(2,3)11(5-7-13)8-10-4-6-12/h6-7,10H,4-5,8H2,1-3H3. The maximum Gasteiger partial charge on any atom is 0.134 e. The molecule has 0 atom stereocenters. The molecule has 0 saturated heterocycles. The first-order valence-corrected chi connectivity index (χ1v) is 4.35. The van der Waals surface area contributed by atoms with Gasteiger partial charge in [-0.25, -0.2) is 0 Å². The molecule has 4 nitrogen and oxygen atoms in total. The van der Waals surface area contributed by atoms with Gasteiger partial charge in [0.2, 0.25) is 0 Å². The van der Waals surface area contributed by atoms with Crippen LogP contribution in [0, 0.1) is 0 Å². The second-order valence-corrected chi connectivity index (χ2v) is 3.84. The van der Waals surface area contributed by atoms with Crippen LogP contribution in [0.1, 0.15) is 20.8 Å². The molecule has 0 saturated carbocycles. The van der Waals surface area contributed by atoms with E-state index in [1.807, 2.05) is 25.7 Å². The molecule has 0 aromatic carbocycles. The van der Waals surface area contributed by atoms with Crippen molar-refractivity contribution in [1.82, 2.24) is 10.2 Å². The minimum absolute atomic E-state index is 0.0587. The van der Waals surface area contributed by atoms with Crippen molar-refractivity contribution in [2.75, 3.05) is 19.8 Å². The highest BCUT2D eigenvalue weighted by Gasteiger charge is 2.19. The van der Waals surface area contributed by atoms with E-state index in [4.69, 9.17) is 0 Å². The Morgan fingerprint density at radius 1 is 1.23 bits per heavy atom. The van der Waals surface area contributed by atoms with Gasteiger partial charge in [0.05, 0.1) is 13.1 Å². The summed E-state index contributed by atoms with van der Waals surface area (Å²) in [6, 6.07) is 0. The van der Waals surface area contributed by atoms with Crippen molar-refractivity contribution >= 4 is 12.6 Å². The normalized spacial score (nSPS) is 11.7. The lowest BCUT2D eigenvalue weighted by atomic mass is 10.1. The molecule has 76 valence electrons. The summed E-state index contributed by atoms with van der Waals surface area (Å²) in [6.07, 6.45) is 1.68. The zero-order chi connectivity index (χ0) is 10.3. The minimum atomic E-state index is -0.0587. The number of nitrogens with zero attached hydrogens (tertiary/aromatic N) is 1. The predicted molar refractivity (Wildman–Crippen MR) is 51.5 cm³/mol. The first-order valence-electron chi connectivity index (χ1n) is 4.35.